The van der Waals surface area contributed by atoms with Crippen LogP contribution in [0, 0.1) is 33.6 Å². The molecule has 2 fully saturated rings. The molecule has 1 saturated carbocycles. The second-order valence-electron chi connectivity index (χ2n) is 7.96. The normalized spacial score (nSPS) is 29.3. The second kappa shape index (κ2) is 6.56. The van der Waals surface area contributed by atoms with Crippen molar-refractivity contribution in [2.45, 2.75) is 64.8 Å². The van der Waals surface area contributed by atoms with E-state index in [1.807, 2.05) is 13.8 Å². The Kier molecular flexibility index (Phi) is 4.76. The van der Waals surface area contributed by atoms with Crippen molar-refractivity contribution in [1.29, 1.82) is 0 Å². The zero-order valence-electron chi connectivity index (χ0n) is 16.0. The van der Waals surface area contributed by atoms with Gasteiger partial charge in [0, 0.05) is 13.7 Å². The fraction of sp³-hybridized carbons (Fsp3) is 0.619. The Labute approximate surface area is 150 Å². The van der Waals surface area contributed by atoms with Gasteiger partial charge < -0.3 is 10.1 Å². The number of benzene rings is 1. The van der Waals surface area contributed by atoms with Gasteiger partial charge in [0.05, 0.1) is 0 Å². The van der Waals surface area contributed by atoms with Crippen molar-refractivity contribution in [1.82, 2.24) is 5.32 Å². The molecule has 0 aromatic heterocycles. The molecule has 1 heterocycles. The van der Waals surface area contributed by atoms with Crippen molar-refractivity contribution < 1.29 is 14.3 Å². The molecule has 1 aliphatic carbocycles. The second-order valence-corrected chi connectivity index (χ2v) is 7.96. The third-order valence-electron chi connectivity index (χ3n) is 6.32. The molecule has 1 aliphatic heterocycles. The summed E-state index contributed by atoms with van der Waals surface area (Å²) in [5, 5.41) is 3.10. The maximum absolute atomic E-state index is 13.4. The number of aryl methyl sites for hydroxylation is 2. The Morgan fingerprint density at radius 3 is 2.56 bits per heavy atom. The van der Waals surface area contributed by atoms with E-state index >= 15 is 0 Å². The van der Waals surface area contributed by atoms with Crippen molar-refractivity contribution in [3.8, 4) is 0 Å². The first kappa shape index (κ1) is 18.1. The van der Waals surface area contributed by atoms with Crippen LogP contribution in [0.5, 0.6) is 0 Å². The van der Waals surface area contributed by atoms with Gasteiger partial charge in [-0.25, -0.2) is 0 Å². The van der Waals surface area contributed by atoms with E-state index in [-0.39, 0.29) is 11.7 Å². The molecule has 3 atom stereocenters. The van der Waals surface area contributed by atoms with E-state index < -0.39 is 11.5 Å². The number of carbonyl (C=O) groups is 2. The SMILES string of the molecule is COCC1CCCC2(C1)NC(=O)C(c1c(C)cc(C)c(C)c1C)C2=O. The van der Waals surface area contributed by atoms with Gasteiger partial charge in [-0.3, -0.25) is 9.59 Å². The maximum Gasteiger partial charge on any atom is 0.235 e. The lowest BCUT2D eigenvalue weighted by Gasteiger charge is -2.36. The van der Waals surface area contributed by atoms with E-state index in [9.17, 15) is 9.59 Å². The number of nitrogens with one attached hydrogen (secondary N) is 1. The van der Waals surface area contributed by atoms with Crippen molar-refractivity contribution in [3.05, 3.63) is 33.9 Å². The van der Waals surface area contributed by atoms with E-state index in [4.69, 9.17) is 4.74 Å². The van der Waals surface area contributed by atoms with Crippen LogP contribution in [-0.4, -0.2) is 30.9 Å². The van der Waals surface area contributed by atoms with Crippen LogP contribution in [0.15, 0.2) is 6.07 Å². The standard InChI is InChI=1S/C21H29NO3/c1-12-9-13(2)17(15(4)14(12)3)18-19(23)21(22-20(18)24)8-6-7-16(10-21)11-25-5/h9,16,18H,6-8,10-11H2,1-5H3,(H,22,24). The fourth-order valence-corrected chi connectivity index (χ4v) is 4.88. The molecular weight excluding hydrogens is 314 g/mol. The number of hydrogen-bond donors (Lipinski definition) is 1. The predicted molar refractivity (Wildman–Crippen MR) is 97.8 cm³/mol. The highest BCUT2D eigenvalue weighted by Gasteiger charge is 2.55. The minimum Gasteiger partial charge on any atom is -0.384 e. The largest absolute Gasteiger partial charge is 0.384 e. The van der Waals surface area contributed by atoms with E-state index in [1.54, 1.807) is 7.11 Å². The average molecular weight is 343 g/mol. The number of carbonyl (C=O) groups excluding carboxylic acids is 2. The first-order valence-electron chi connectivity index (χ1n) is 9.23. The summed E-state index contributed by atoms with van der Waals surface area (Å²) in [4.78, 5) is 26.3. The highest BCUT2D eigenvalue weighted by Crippen LogP contribution is 2.43. The molecule has 0 radical (unpaired) electrons. The van der Waals surface area contributed by atoms with Crippen LogP contribution < -0.4 is 5.32 Å². The molecule has 3 rings (SSSR count). The van der Waals surface area contributed by atoms with Gasteiger partial charge in [-0.2, -0.15) is 0 Å². The predicted octanol–water partition coefficient (Wildman–Crippen LogP) is 3.28. The summed E-state index contributed by atoms with van der Waals surface area (Å²) in [6, 6.07) is 2.10. The van der Waals surface area contributed by atoms with Gasteiger partial charge in [-0.05, 0) is 80.7 Å². The number of amides is 1. The topological polar surface area (TPSA) is 55.4 Å². The number of rotatable bonds is 3. The molecule has 0 bridgehead atoms. The number of ketones is 1. The number of hydrogen-bond acceptors (Lipinski definition) is 3. The minimum atomic E-state index is -0.694. The summed E-state index contributed by atoms with van der Waals surface area (Å²) in [5.41, 5.74) is 4.71. The fourth-order valence-electron chi connectivity index (χ4n) is 4.88. The lowest BCUT2D eigenvalue weighted by atomic mass is 9.72. The lowest BCUT2D eigenvalue weighted by Crippen LogP contribution is -2.50. The molecule has 1 saturated heterocycles. The van der Waals surface area contributed by atoms with Gasteiger partial charge >= 0.3 is 0 Å². The van der Waals surface area contributed by atoms with Gasteiger partial charge in [0.25, 0.3) is 0 Å². The monoisotopic (exact) mass is 343 g/mol. The Hall–Kier alpha value is -1.68. The molecule has 1 aromatic rings. The quantitative estimate of drug-likeness (QED) is 0.857. The van der Waals surface area contributed by atoms with Crippen LogP contribution >= 0.6 is 0 Å². The van der Waals surface area contributed by atoms with Crippen molar-refractivity contribution in [2.75, 3.05) is 13.7 Å². The molecule has 4 heteroatoms. The summed E-state index contributed by atoms with van der Waals surface area (Å²) >= 11 is 0. The average Bonchev–Trinajstić information content (AvgIpc) is 2.77. The Balaban J connectivity index is 1.99. The zero-order chi connectivity index (χ0) is 18.4. The summed E-state index contributed by atoms with van der Waals surface area (Å²) < 4.78 is 5.30. The first-order valence-corrected chi connectivity index (χ1v) is 9.23. The van der Waals surface area contributed by atoms with Crippen molar-refractivity contribution in [2.24, 2.45) is 5.92 Å². The maximum atomic E-state index is 13.4. The highest BCUT2D eigenvalue weighted by atomic mass is 16.5. The highest BCUT2D eigenvalue weighted by molar-refractivity contribution is 6.17. The van der Waals surface area contributed by atoms with E-state index in [1.165, 1.54) is 11.1 Å². The summed E-state index contributed by atoms with van der Waals surface area (Å²) in [6.07, 6.45) is 3.46. The molecule has 2 aliphatic rings. The number of ether oxygens (including phenoxy) is 1. The Morgan fingerprint density at radius 1 is 1.16 bits per heavy atom. The van der Waals surface area contributed by atoms with Gasteiger partial charge in [-0.15, -0.1) is 0 Å². The van der Waals surface area contributed by atoms with Gasteiger partial charge in [0.2, 0.25) is 5.91 Å². The molecule has 4 nitrogen and oxygen atoms in total. The van der Waals surface area contributed by atoms with E-state index in [0.29, 0.717) is 18.9 Å². The van der Waals surface area contributed by atoms with E-state index in [2.05, 4.69) is 25.2 Å². The molecule has 25 heavy (non-hydrogen) atoms. The summed E-state index contributed by atoms with van der Waals surface area (Å²) in [7, 11) is 1.70. The van der Waals surface area contributed by atoms with Crippen LogP contribution in [0.1, 0.15) is 59.4 Å². The molecule has 3 unspecified atom stereocenters. The number of Topliss-reactive ketones (excluding diaryl/α,β-unsaturated/α-hetero) is 1. The minimum absolute atomic E-state index is 0.0627. The first-order chi connectivity index (χ1) is 11.8. The van der Waals surface area contributed by atoms with Crippen molar-refractivity contribution >= 4 is 11.7 Å². The lowest BCUT2D eigenvalue weighted by molar-refractivity contribution is -0.126. The zero-order valence-corrected chi connectivity index (χ0v) is 16.0. The smallest absolute Gasteiger partial charge is 0.235 e. The van der Waals surface area contributed by atoms with Crippen LogP contribution in [0.2, 0.25) is 0 Å². The van der Waals surface area contributed by atoms with Gasteiger partial charge in [-0.1, -0.05) is 12.5 Å². The van der Waals surface area contributed by atoms with Crippen LogP contribution in [-0.2, 0) is 14.3 Å². The Morgan fingerprint density at radius 2 is 1.88 bits per heavy atom. The summed E-state index contributed by atoms with van der Waals surface area (Å²) in [5.74, 6) is -0.394. The van der Waals surface area contributed by atoms with Crippen LogP contribution in [0.3, 0.4) is 0 Å². The van der Waals surface area contributed by atoms with Crippen LogP contribution in [0.4, 0.5) is 0 Å². The third kappa shape index (κ3) is 2.91. The molecule has 1 N–H and O–H groups in total. The van der Waals surface area contributed by atoms with Crippen molar-refractivity contribution in [3.63, 3.8) is 0 Å². The Bertz CT molecular complexity index is 722. The third-order valence-corrected chi connectivity index (χ3v) is 6.32. The number of methoxy groups -OCH3 is 1. The molecule has 136 valence electrons. The molecule has 1 spiro atoms. The van der Waals surface area contributed by atoms with Gasteiger partial charge in [0.1, 0.15) is 11.5 Å². The van der Waals surface area contributed by atoms with Crippen LogP contribution in [0.25, 0.3) is 0 Å². The molecule has 1 amide bonds. The van der Waals surface area contributed by atoms with E-state index in [0.717, 1.165) is 36.0 Å². The van der Waals surface area contributed by atoms with Gasteiger partial charge in [0.15, 0.2) is 5.78 Å². The summed E-state index contributed by atoms with van der Waals surface area (Å²) in [6.45, 7) is 8.83. The molecular formula is C21H29NO3. The molecule has 1 aromatic carbocycles.